The van der Waals surface area contributed by atoms with Crippen molar-refractivity contribution < 1.29 is 9.84 Å². The van der Waals surface area contributed by atoms with E-state index in [1.54, 1.807) is 0 Å². The highest BCUT2D eigenvalue weighted by Gasteiger charge is 2.16. The predicted molar refractivity (Wildman–Crippen MR) is 97.9 cm³/mol. The van der Waals surface area contributed by atoms with E-state index >= 15 is 0 Å². The molecule has 1 aliphatic rings. The van der Waals surface area contributed by atoms with Gasteiger partial charge in [0.25, 0.3) is 0 Å². The van der Waals surface area contributed by atoms with Crippen LogP contribution in [0.25, 0.3) is 0 Å². The fraction of sp³-hybridized carbons (Fsp3) is 1.00. The van der Waals surface area contributed by atoms with Crippen LogP contribution in [0.2, 0.25) is 0 Å². The number of ether oxygens (including phenoxy) is 1. The molecule has 0 aromatic carbocycles. The van der Waals surface area contributed by atoms with E-state index in [1.807, 2.05) is 0 Å². The molecule has 1 fully saturated rings. The summed E-state index contributed by atoms with van der Waals surface area (Å²) in [4.78, 5) is 4.80. The first-order valence-corrected chi connectivity index (χ1v) is 9.71. The molecule has 138 valence electrons. The monoisotopic (exact) mass is 328 g/mol. The molecule has 1 aliphatic heterocycles. The first-order valence-electron chi connectivity index (χ1n) is 9.71. The number of piperazine rings is 1. The molecule has 1 heterocycles. The third-order valence-electron chi connectivity index (χ3n) is 5.00. The smallest absolute Gasteiger partial charge is 0.0593 e. The lowest BCUT2D eigenvalue weighted by Gasteiger charge is -2.34. The zero-order valence-electron chi connectivity index (χ0n) is 15.9. The van der Waals surface area contributed by atoms with Crippen LogP contribution in [0.1, 0.15) is 59.3 Å². The SMILES string of the molecule is CCCC(C)(C)CCCCCOCCN1CCN(CCO)CC1. The van der Waals surface area contributed by atoms with E-state index in [-0.39, 0.29) is 6.61 Å². The minimum atomic E-state index is 0.277. The van der Waals surface area contributed by atoms with Crippen molar-refractivity contribution in [2.24, 2.45) is 5.41 Å². The van der Waals surface area contributed by atoms with Gasteiger partial charge >= 0.3 is 0 Å². The Morgan fingerprint density at radius 1 is 0.870 bits per heavy atom. The lowest BCUT2D eigenvalue weighted by molar-refractivity contribution is 0.0684. The van der Waals surface area contributed by atoms with Crippen LogP contribution in [-0.4, -0.2) is 74.0 Å². The molecular formula is C19H40N2O2. The molecule has 1 saturated heterocycles. The maximum Gasteiger partial charge on any atom is 0.0593 e. The minimum absolute atomic E-state index is 0.277. The fourth-order valence-electron chi connectivity index (χ4n) is 3.46. The van der Waals surface area contributed by atoms with Crippen LogP contribution in [0.3, 0.4) is 0 Å². The molecule has 0 aromatic rings. The average molecular weight is 329 g/mol. The van der Waals surface area contributed by atoms with Gasteiger partial charge in [-0.1, -0.05) is 40.0 Å². The molecule has 0 aromatic heterocycles. The van der Waals surface area contributed by atoms with Crippen LogP contribution in [-0.2, 0) is 4.74 Å². The molecule has 1 rings (SSSR count). The van der Waals surface area contributed by atoms with E-state index in [0.29, 0.717) is 5.41 Å². The lowest BCUT2D eigenvalue weighted by atomic mass is 9.83. The molecule has 4 heteroatoms. The largest absolute Gasteiger partial charge is 0.395 e. The Kier molecular flexibility index (Phi) is 11.1. The first-order chi connectivity index (χ1) is 11.1. The Morgan fingerprint density at radius 2 is 1.52 bits per heavy atom. The molecule has 0 saturated carbocycles. The molecule has 0 amide bonds. The zero-order valence-corrected chi connectivity index (χ0v) is 15.9. The Labute approximate surface area is 144 Å². The second-order valence-corrected chi connectivity index (χ2v) is 7.74. The van der Waals surface area contributed by atoms with E-state index in [0.717, 1.165) is 52.5 Å². The molecule has 0 radical (unpaired) electrons. The quantitative estimate of drug-likeness (QED) is 0.527. The van der Waals surface area contributed by atoms with E-state index in [2.05, 4.69) is 30.6 Å². The van der Waals surface area contributed by atoms with Crippen molar-refractivity contribution in [1.82, 2.24) is 9.80 Å². The molecule has 0 atom stereocenters. The summed E-state index contributed by atoms with van der Waals surface area (Å²) in [5.41, 5.74) is 0.522. The Morgan fingerprint density at radius 3 is 2.13 bits per heavy atom. The van der Waals surface area contributed by atoms with Crippen molar-refractivity contribution in [3.8, 4) is 0 Å². The first kappa shape index (κ1) is 20.9. The number of unbranched alkanes of at least 4 members (excludes halogenated alkanes) is 2. The minimum Gasteiger partial charge on any atom is -0.395 e. The van der Waals surface area contributed by atoms with E-state index in [4.69, 9.17) is 9.84 Å². The van der Waals surface area contributed by atoms with Crippen molar-refractivity contribution in [3.05, 3.63) is 0 Å². The third kappa shape index (κ3) is 10.3. The summed E-state index contributed by atoms with van der Waals surface area (Å²) in [5.74, 6) is 0. The maximum absolute atomic E-state index is 8.94. The van der Waals surface area contributed by atoms with Crippen molar-refractivity contribution in [1.29, 1.82) is 0 Å². The topological polar surface area (TPSA) is 35.9 Å². The van der Waals surface area contributed by atoms with Crippen LogP contribution in [0.4, 0.5) is 0 Å². The normalized spacial score (nSPS) is 17.7. The second-order valence-electron chi connectivity index (χ2n) is 7.74. The number of hydrogen-bond donors (Lipinski definition) is 1. The third-order valence-corrected chi connectivity index (χ3v) is 5.00. The summed E-state index contributed by atoms with van der Waals surface area (Å²) in [5, 5.41) is 8.94. The van der Waals surface area contributed by atoms with E-state index in [1.165, 1.54) is 38.5 Å². The van der Waals surface area contributed by atoms with Gasteiger partial charge in [0.2, 0.25) is 0 Å². The number of aliphatic hydroxyl groups is 1. The van der Waals surface area contributed by atoms with Crippen LogP contribution >= 0.6 is 0 Å². The van der Waals surface area contributed by atoms with Gasteiger partial charge in [0.05, 0.1) is 13.2 Å². The average Bonchev–Trinajstić information content (AvgIpc) is 2.51. The Bertz CT molecular complexity index is 277. The summed E-state index contributed by atoms with van der Waals surface area (Å²) >= 11 is 0. The van der Waals surface area contributed by atoms with Crippen LogP contribution < -0.4 is 0 Å². The summed E-state index contributed by atoms with van der Waals surface area (Å²) in [6, 6.07) is 0. The van der Waals surface area contributed by atoms with Gasteiger partial charge in [-0.15, -0.1) is 0 Å². The number of β-amino-alcohol motifs (C(OH)–C–C–N with tert-alkyl or cyclic N) is 1. The highest BCUT2D eigenvalue weighted by atomic mass is 16.5. The van der Waals surface area contributed by atoms with Gasteiger partial charge in [-0.2, -0.15) is 0 Å². The van der Waals surface area contributed by atoms with E-state index in [9.17, 15) is 0 Å². The van der Waals surface area contributed by atoms with Crippen LogP contribution in [0, 0.1) is 5.41 Å². The summed E-state index contributed by atoms with van der Waals surface area (Å²) in [6.45, 7) is 15.4. The van der Waals surface area contributed by atoms with Crippen molar-refractivity contribution in [2.45, 2.75) is 59.3 Å². The summed E-state index contributed by atoms with van der Waals surface area (Å²) in [7, 11) is 0. The Balaban J connectivity index is 1.89. The second kappa shape index (κ2) is 12.2. The van der Waals surface area contributed by atoms with Crippen LogP contribution in [0.15, 0.2) is 0 Å². The molecule has 23 heavy (non-hydrogen) atoms. The highest BCUT2D eigenvalue weighted by Crippen LogP contribution is 2.28. The molecule has 0 unspecified atom stereocenters. The molecule has 0 spiro atoms. The van der Waals surface area contributed by atoms with Crippen molar-refractivity contribution >= 4 is 0 Å². The van der Waals surface area contributed by atoms with Gasteiger partial charge < -0.3 is 9.84 Å². The predicted octanol–water partition coefficient (Wildman–Crippen LogP) is 3.00. The maximum atomic E-state index is 8.94. The van der Waals surface area contributed by atoms with Gasteiger partial charge in [0.1, 0.15) is 0 Å². The molecule has 4 nitrogen and oxygen atoms in total. The van der Waals surface area contributed by atoms with Gasteiger partial charge in [0.15, 0.2) is 0 Å². The lowest BCUT2D eigenvalue weighted by Crippen LogP contribution is -2.47. The summed E-state index contributed by atoms with van der Waals surface area (Å²) in [6.07, 6.45) is 7.82. The van der Waals surface area contributed by atoms with Gasteiger partial charge in [-0.25, -0.2) is 0 Å². The molecular weight excluding hydrogens is 288 g/mol. The van der Waals surface area contributed by atoms with E-state index < -0.39 is 0 Å². The number of nitrogens with zero attached hydrogens (tertiary/aromatic N) is 2. The highest BCUT2D eigenvalue weighted by molar-refractivity contribution is 4.71. The van der Waals surface area contributed by atoms with Crippen molar-refractivity contribution in [3.63, 3.8) is 0 Å². The zero-order chi connectivity index (χ0) is 17.0. The van der Waals surface area contributed by atoms with Gasteiger partial charge in [0, 0.05) is 45.9 Å². The van der Waals surface area contributed by atoms with Gasteiger partial charge in [-0.05, 0) is 24.7 Å². The fourth-order valence-corrected chi connectivity index (χ4v) is 3.46. The Hall–Kier alpha value is -0.160. The van der Waals surface area contributed by atoms with Gasteiger partial charge in [-0.3, -0.25) is 9.80 Å². The number of rotatable bonds is 13. The van der Waals surface area contributed by atoms with Crippen LogP contribution in [0.5, 0.6) is 0 Å². The number of aliphatic hydroxyl groups excluding tert-OH is 1. The molecule has 0 aliphatic carbocycles. The number of hydrogen-bond acceptors (Lipinski definition) is 4. The molecule has 1 N–H and O–H groups in total. The molecule has 0 bridgehead atoms. The summed E-state index contributed by atoms with van der Waals surface area (Å²) < 4.78 is 5.80. The standard InChI is InChI=1S/C19H40N2O2/c1-4-8-19(2,3)9-6-5-7-17-23-18-15-21-12-10-20(11-13-21)14-16-22/h22H,4-18H2,1-3H3. The van der Waals surface area contributed by atoms with Crippen molar-refractivity contribution in [2.75, 3.05) is 59.1 Å².